The first-order valence-corrected chi connectivity index (χ1v) is 10.8. The quantitative estimate of drug-likeness (QED) is 0.566. The van der Waals surface area contributed by atoms with Crippen LogP contribution < -0.4 is 19.5 Å². The lowest BCUT2D eigenvalue weighted by Crippen LogP contribution is -2.43. The monoisotopic (exact) mass is 432 g/mol. The zero-order chi connectivity index (χ0) is 22.3. The van der Waals surface area contributed by atoms with Crippen molar-refractivity contribution in [1.29, 1.82) is 0 Å². The van der Waals surface area contributed by atoms with Gasteiger partial charge in [-0.1, -0.05) is 54.6 Å². The van der Waals surface area contributed by atoms with Gasteiger partial charge in [0.05, 0.1) is 12.3 Å². The highest BCUT2D eigenvalue weighted by molar-refractivity contribution is 5.96. The van der Waals surface area contributed by atoms with Crippen LogP contribution in [0.15, 0.2) is 78.9 Å². The Kier molecular flexibility index (Phi) is 6.92. The van der Waals surface area contributed by atoms with Crippen molar-refractivity contribution < 1.29 is 19.0 Å². The van der Waals surface area contributed by atoms with Crippen LogP contribution in [0.3, 0.4) is 0 Å². The minimum absolute atomic E-state index is 0.136. The Balaban J connectivity index is 1.53. The van der Waals surface area contributed by atoms with Crippen LogP contribution in [0.25, 0.3) is 0 Å². The summed E-state index contributed by atoms with van der Waals surface area (Å²) in [7, 11) is 1.93. The second kappa shape index (κ2) is 10.2. The molecule has 0 aromatic heterocycles. The lowest BCUT2D eigenvalue weighted by atomic mass is 10.0. The number of ether oxygens (including phenoxy) is 3. The van der Waals surface area contributed by atoms with E-state index in [0.717, 1.165) is 17.1 Å². The van der Waals surface area contributed by atoms with Gasteiger partial charge in [0.2, 0.25) is 5.91 Å². The molecule has 1 aliphatic heterocycles. The van der Waals surface area contributed by atoms with Crippen molar-refractivity contribution in [3.63, 3.8) is 0 Å². The molecule has 1 amide bonds. The van der Waals surface area contributed by atoms with E-state index < -0.39 is 6.04 Å². The molecule has 0 saturated heterocycles. The van der Waals surface area contributed by atoms with Gasteiger partial charge in [0.15, 0.2) is 11.5 Å². The van der Waals surface area contributed by atoms with Gasteiger partial charge in [-0.2, -0.15) is 0 Å². The van der Waals surface area contributed by atoms with Crippen molar-refractivity contribution >= 4 is 11.6 Å². The summed E-state index contributed by atoms with van der Waals surface area (Å²) in [5.41, 5.74) is 1.55. The van der Waals surface area contributed by atoms with Gasteiger partial charge in [-0.3, -0.25) is 9.69 Å². The van der Waals surface area contributed by atoms with Crippen LogP contribution in [0.2, 0.25) is 0 Å². The Bertz CT molecular complexity index is 1040. The zero-order valence-electron chi connectivity index (χ0n) is 18.4. The predicted octanol–water partition coefficient (Wildman–Crippen LogP) is 4.54. The molecule has 6 nitrogen and oxygen atoms in total. The average Bonchev–Trinajstić information content (AvgIpc) is 2.81. The number of amides is 1. The topological polar surface area (TPSA) is 60.0 Å². The molecular weight excluding hydrogens is 404 g/mol. The number of anilines is 1. The summed E-state index contributed by atoms with van der Waals surface area (Å²) in [6.07, 6.45) is -0.190. The second-order valence-corrected chi connectivity index (χ2v) is 7.67. The van der Waals surface area contributed by atoms with E-state index in [2.05, 4.69) is 5.32 Å². The van der Waals surface area contributed by atoms with Gasteiger partial charge in [-0.05, 0) is 43.8 Å². The van der Waals surface area contributed by atoms with Crippen LogP contribution in [-0.4, -0.2) is 43.7 Å². The van der Waals surface area contributed by atoms with Crippen molar-refractivity contribution in [3.8, 4) is 17.2 Å². The van der Waals surface area contributed by atoms with Crippen LogP contribution >= 0.6 is 0 Å². The number of para-hydroxylation sites is 4. The highest BCUT2D eigenvalue weighted by atomic mass is 16.6. The van der Waals surface area contributed by atoms with E-state index in [1.165, 1.54) is 0 Å². The van der Waals surface area contributed by atoms with E-state index in [-0.39, 0.29) is 12.0 Å². The summed E-state index contributed by atoms with van der Waals surface area (Å²) < 4.78 is 17.6. The molecule has 0 fully saturated rings. The van der Waals surface area contributed by atoms with Crippen LogP contribution in [0.4, 0.5) is 5.69 Å². The summed E-state index contributed by atoms with van der Waals surface area (Å²) >= 11 is 0. The number of benzene rings is 3. The summed E-state index contributed by atoms with van der Waals surface area (Å²) in [4.78, 5) is 15.5. The third-order valence-electron chi connectivity index (χ3n) is 5.31. The Morgan fingerprint density at radius 1 is 1.03 bits per heavy atom. The fourth-order valence-electron chi connectivity index (χ4n) is 3.87. The highest BCUT2D eigenvalue weighted by Gasteiger charge is 2.30. The maximum Gasteiger partial charge on any atom is 0.246 e. The lowest BCUT2D eigenvalue weighted by molar-refractivity contribution is -0.121. The SMILES string of the molecule is CCOc1ccccc1NC(=O)[C@@H](c1ccccc1)N(C)C[C@@H]1COc2ccccc2O1. The third-order valence-corrected chi connectivity index (χ3v) is 5.31. The number of likely N-dealkylation sites (N-methyl/N-ethyl adjacent to an activating group) is 1. The van der Waals surface area contributed by atoms with Crippen LogP contribution in [0.1, 0.15) is 18.5 Å². The molecule has 0 saturated carbocycles. The Morgan fingerprint density at radius 3 is 2.50 bits per heavy atom. The minimum atomic E-state index is -0.508. The number of fused-ring (bicyclic) bond motifs is 1. The van der Waals surface area contributed by atoms with E-state index in [4.69, 9.17) is 14.2 Å². The number of hydrogen-bond donors (Lipinski definition) is 1. The van der Waals surface area contributed by atoms with Crippen molar-refractivity contribution in [2.24, 2.45) is 0 Å². The zero-order valence-corrected chi connectivity index (χ0v) is 18.4. The summed E-state index contributed by atoms with van der Waals surface area (Å²) in [6, 6.07) is 24.3. The number of nitrogens with zero attached hydrogens (tertiary/aromatic N) is 1. The number of carbonyl (C=O) groups excluding carboxylic acids is 1. The van der Waals surface area contributed by atoms with Gasteiger partial charge < -0.3 is 19.5 Å². The fourth-order valence-corrected chi connectivity index (χ4v) is 3.87. The molecule has 166 valence electrons. The van der Waals surface area contributed by atoms with Gasteiger partial charge >= 0.3 is 0 Å². The number of hydrogen-bond acceptors (Lipinski definition) is 5. The average molecular weight is 433 g/mol. The maximum absolute atomic E-state index is 13.5. The molecule has 0 aliphatic carbocycles. The van der Waals surface area contributed by atoms with Gasteiger partial charge in [-0.25, -0.2) is 0 Å². The van der Waals surface area contributed by atoms with Gasteiger partial charge in [-0.15, -0.1) is 0 Å². The van der Waals surface area contributed by atoms with Crippen molar-refractivity contribution in [2.75, 3.05) is 32.1 Å². The Morgan fingerprint density at radius 2 is 1.72 bits per heavy atom. The van der Waals surface area contributed by atoms with E-state index in [1.54, 1.807) is 0 Å². The largest absolute Gasteiger partial charge is 0.492 e. The second-order valence-electron chi connectivity index (χ2n) is 7.67. The minimum Gasteiger partial charge on any atom is -0.492 e. The first-order chi connectivity index (χ1) is 15.7. The molecule has 0 radical (unpaired) electrons. The summed E-state index contributed by atoms with van der Waals surface area (Å²) in [5.74, 6) is 1.99. The standard InChI is InChI=1S/C26H28N2O4/c1-3-30-22-14-8-7-13-21(22)27-26(29)25(19-11-5-4-6-12-19)28(2)17-20-18-31-23-15-9-10-16-24(23)32-20/h4-16,20,25H,3,17-18H2,1-2H3,(H,27,29)/t20-,25-/m1/s1. The predicted molar refractivity (Wildman–Crippen MR) is 124 cm³/mol. The number of nitrogens with one attached hydrogen (secondary N) is 1. The Hall–Kier alpha value is -3.51. The van der Waals surface area contributed by atoms with Crippen molar-refractivity contribution in [3.05, 3.63) is 84.4 Å². The summed E-state index contributed by atoms with van der Waals surface area (Å²) in [6.45, 7) is 3.39. The van der Waals surface area contributed by atoms with Crippen LogP contribution in [0.5, 0.6) is 17.2 Å². The van der Waals surface area contributed by atoms with E-state index in [1.807, 2.05) is 97.7 Å². The molecule has 1 aliphatic rings. The molecule has 3 aromatic carbocycles. The highest BCUT2D eigenvalue weighted by Crippen LogP contribution is 2.32. The van der Waals surface area contributed by atoms with Gasteiger partial charge in [0, 0.05) is 6.54 Å². The molecule has 0 unspecified atom stereocenters. The normalized spacial score (nSPS) is 15.8. The lowest BCUT2D eigenvalue weighted by Gasteiger charge is -2.33. The summed E-state index contributed by atoms with van der Waals surface area (Å²) in [5, 5.41) is 3.05. The Labute approximate surface area is 188 Å². The molecule has 4 rings (SSSR count). The molecule has 2 atom stereocenters. The van der Waals surface area contributed by atoms with E-state index in [0.29, 0.717) is 31.2 Å². The molecule has 0 spiro atoms. The smallest absolute Gasteiger partial charge is 0.246 e. The molecule has 32 heavy (non-hydrogen) atoms. The van der Waals surface area contributed by atoms with Gasteiger partial charge in [0.25, 0.3) is 0 Å². The fraction of sp³-hybridized carbons (Fsp3) is 0.269. The first-order valence-electron chi connectivity index (χ1n) is 10.8. The molecule has 3 aromatic rings. The molecule has 1 heterocycles. The molecule has 6 heteroatoms. The molecule has 1 N–H and O–H groups in total. The number of rotatable bonds is 8. The first kappa shape index (κ1) is 21.7. The van der Waals surface area contributed by atoms with Crippen molar-refractivity contribution in [2.45, 2.75) is 19.1 Å². The van der Waals surface area contributed by atoms with E-state index in [9.17, 15) is 4.79 Å². The van der Waals surface area contributed by atoms with Crippen molar-refractivity contribution in [1.82, 2.24) is 4.90 Å². The van der Waals surface area contributed by atoms with E-state index >= 15 is 0 Å². The van der Waals surface area contributed by atoms with Gasteiger partial charge in [0.1, 0.15) is 24.5 Å². The molecular formula is C26H28N2O4. The maximum atomic E-state index is 13.5. The third kappa shape index (κ3) is 5.03. The van der Waals surface area contributed by atoms with Crippen LogP contribution in [-0.2, 0) is 4.79 Å². The van der Waals surface area contributed by atoms with Crippen LogP contribution in [0, 0.1) is 0 Å². The number of carbonyl (C=O) groups is 1. The molecule has 0 bridgehead atoms.